The molecule has 0 saturated heterocycles. The van der Waals surface area contributed by atoms with Crippen molar-refractivity contribution in [3.63, 3.8) is 0 Å². The van der Waals surface area contributed by atoms with Crippen LogP contribution in [0.4, 0.5) is 0 Å². The van der Waals surface area contributed by atoms with Crippen LogP contribution < -0.4 is 18.6 Å². The Morgan fingerprint density at radius 1 is 1.06 bits per heavy atom. The second-order valence-corrected chi connectivity index (χ2v) is 9.79. The average molecular weight is 329 g/mol. The highest BCUT2D eigenvalue weighted by atomic mass is 35.7. The molecular formula is C7H18ClO8PS. The summed E-state index contributed by atoms with van der Waals surface area (Å²) < 4.78 is 67.2. The summed E-state index contributed by atoms with van der Waals surface area (Å²) in [6.45, 7) is 4.09. The number of rotatable bonds is 6. The summed E-state index contributed by atoms with van der Waals surface area (Å²) in [5, 5.41) is 0. The van der Waals surface area contributed by atoms with Crippen LogP contribution >= 0.6 is 7.60 Å². The maximum Gasteiger partial charge on any atom is 0.379 e. The lowest BCUT2D eigenvalue weighted by molar-refractivity contribution is -2.00. The molecule has 8 nitrogen and oxygen atoms in total. The van der Waals surface area contributed by atoms with Gasteiger partial charge in [0.2, 0.25) is 5.49 Å². The van der Waals surface area contributed by atoms with Crippen molar-refractivity contribution < 1.29 is 46.7 Å². The first kappa shape index (κ1) is 20.7. The Hall–Kier alpha value is 0.430. The van der Waals surface area contributed by atoms with E-state index >= 15 is 0 Å². The van der Waals surface area contributed by atoms with Crippen molar-refractivity contribution in [3.8, 4) is 0 Å². The van der Waals surface area contributed by atoms with Gasteiger partial charge in [0, 0.05) is 0 Å². The van der Waals surface area contributed by atoms with E-state index in [-0.39, 0.29) is 5.49 Å². The molecule has 0 aromatic heterocycles. The fraction of sp³-hybridized carbons (Fsp3) is 1.00. The molecule has 112 valence electrons. The van der Waals surface area contributed by atoms with E-state index in [2.05, 4.69) is 0 Å². The van der Waals surface area contributed by atoms with Gasteiger partial charge in [-0.15, -0.1) is 14.5 Å². The van der Waals surface area contributed by atoms with Crippen LogP contribution in [-0.2, 0) is 27.8 Å². The molecule has 0 atom stereocenters. The molecule has 0 radical (unpaired) electrons. The van der Waals surface area contributed by atoms with Gasteiger partial charge in [-0.25, -0.2) is 18.6 Å². The van der Waals surface area contributed by atoms with Gasteiger partial charge in [0.15, 0.2) is 0 Å². The van der Waals surface area contributed by atoms with Crippen molar-refractivity contribution in [1.29, 1.82) is 0 Å². The fourth-order valence-corrected chi connectivity index (χ4v) is 5.39. The molecule has 0 rings (SSSR count). The van der Waals surface area contributed by atoms with Gasteiger partial charge in [-0.05, 0) is 13.8 Å². The molecule has 0 spiro atoms. The molecule has 0 fully saturated rings. The SMILES string of the molecule is CCOP(=O)(C[S+](C)(C)=O)OCC.[O-][Cl+3]([O-])([O-])[O-]. The Morgan fingerprint density at radius 2 is 1.33 bits per heavy atom. The summed E-state index contributed by atoms with van der Waals surface area (Å²) in [4.78, 5) is 0. The summed E-state index contributed by atoms with van der Waals surface area (Å²) in [6, 6.07) is 0. The summed E-state index contributed by atoms with van der Waals surface area (Å²) >= 11 is 0. The molecule has 0 aromatic carbocycles. The third-order valence-electron chi connectivity index (χ3n) is 1.12. The fourth-order valence-electron chi connectivity index (χ4n) is 0.886. The molecule has 0 aliphatic carbocycles. The first-order chi connectivity index (χ1) is 7.83. The van der Waals surface area contributed by atoms with Gasteiger partial charge >= 0.3 is 7.60 Å². The van der Waals surface area contributed by atoms with Gasteiger partial charge in [0.05, 0.1) is 23.1 Å². The smallest absolute Gasteiger partial charge is 0.306 e. The van der Waals surface area contributed by atoms with Crippen LogP contribution in [0.2, 0.25) is 0 Å². The minimum atomic E-state index is -4.94. The Balaban J connectivity index is 0. The molecule has 0 unspecified atom stereocenters. The Morgan fingerprint density at radius 3 is 1.50 bits per heavy atom. The molecule has 18 heavy (non-hydrogen) atoms. The van der Waals surface area contributed by atoms with E-state index in [4.69, 9.17) is 27.7 Å². The molecule has 0 amide bonds. The molecule has 0 aromatic rings. The lowest BCUT2D eigenvalue weighted by atomic mass is 10.9. The first-order valence-electron chi connectivity index (χ1n) is 4.74. The maximum atomic E-state index is 11.8. The quantitative estimate of drug-likeness (QED) is 0.376. The normalized spacial score (nSPS) is 12.9. The lowest BCUT2D eigenvalue weighted by Gasteiger charge is -2.17. The van der Waals surface area contributed by atoms with Gasteiger partial charge in [0.1, 0.15) is 12.5 Å². The standard InChI is InChI=1S/C7H18O4PS.ClHO4/c1-5-10-12(8,11-6-2)7-13(3,4)9;2-1(3,4)5/h5-7H2,1-4H3;(H,2,3,4,5)/q+1;/p-1. The van der Waals surface area contributed by atoms with Crippen molar-refractivity contribution in [3.05, 3.63) is 0 Å². The van der Waals surface area contributed by atoms with E-state index in [1.165, 1.54) is 0 Å². The van der Waals surface area contributed by atoms with Gasteiger partial charge in [-0.2, -0.15) is 0 Å². The van der Waals surface area contributed by atoms with Gasteiger partial charge in [0.25, 0.3) is 0 Å². The van der Waals surface area contributed by atoms with E-state index in [9.17, 15) is 8.77 Å². The summed E-state index contributed by atoms with van der Waals surface area (Å²) in [6.07, 6.45) is 3.11. The molecule has 0 N–H and O–H groups in total. The van der Waals surface area contributed by atoms with E-state index in [0.29, 0.717) is 13.2 Å². The molecule has 0 aliphatic heterocycles. The molecule has 11 heteroatoms. The van der Waals surface area contributed by atoms with Crippen LogP contribution in [0.25, 0.3) is 0 Å². The predicted molar refractivity (Wildman–Crippen MR) is 55.6 cm³/mol. The molecule has 0 saturated carbocycles. The molecular weight excluding hydrogens is 311 g/mol. The second kappa shape index (κ2) is 8.57. The van der Waals surface area contributed by atoms with E-state index < -0.39 is 27.8 Å². The van der Waals surface area contributed by atoms with Gasteiger partial charge < -0.3 is 9.05 Å². The highest BCUT2D eigenvalue weighted by molar-refractivity contribution is 8.06. The zero-order valence-corrected chi connectivity index (χ0v) is 13.1. The zero-order valence-electron chi connectivity index (χ0n) is 10.6. The minimum absolute atomic E-state index is 0.00167. The van der Waals surface area contributed by atoms with Crippen LogP contribution in [0.15, 0.2) is 0 Å². The molecule has 0 bridgehead atoms. The summed E-state index contributed by atoms with van der Waals surface area (Å²) in [5.74, 6) is 0. The van der Waals surface area contributed by atoms with Crippen molar-refractivity contribution in [2.24, 2.45) is 0 Å². The molecule has 0 heterocycles. The van der Waals surface area contributed by atoms with E-state index in [1.54, 1.807) is 26.4 Å². The minimum Gasteiger partial charge on any atom is -0.306 e. The third-order valence-corrected chi connectivity index (χ3v) is 6.18. The number of hydrogen-bond donors (Lipinski definition) is 0. The van der Waals surface area contributed by atoms with Crippen LogP contribution in [0.3, 0.4) is 0 Å². The monoisotopic (exact) mass is 328 g/mol. The largest absolute Gasteiger partial charge is 0.379 e. The average Bonchev–Trinajstić information content (AvgIpc) is 1.96. The lowest BCUT2D eigenvalue weighted by Crippen LogP contribution is -2.68. The Kier molecular flexibility index (Phi) is 9.88. The summed E-state index contributed by atoms with van der Waals surface area (Å²) in [5.41, 5.74) is 0.00167. The van der Waals surface area contributed by atoms with Crippen LogP contribution in [-0.4, -0.2) is 31.2 Å². The topological polar surface area (TPSA) is 145 Å². The van der Waals surface area contributed by atoms with Crippen LogP contribution in [0.5, 0.6) is 0 Å². The Labute approximate surface area is 110 Å². The van der Waals surface area contributed by atoms with E-state index in [0.717, 1.165) is 0 Å². The number of hydrogen-bond acceptors (Lipinski definition) is 8. The maximum absolute atomic E-state index is 11.8. The van der Waals surface area contributed by atoms with Crippen molar-refractivity contribution in [1.82, 2.24) is 0 Å². The van der Waals surface area contributed by atoms with Gasteiger partial charge in [-0.3, -0.25) is 4.57 Å². The van der Waals surface area contributed by atoms with Crippen molar-refractivity contribution in [2.45, 2.75) is 13.8 Å². The van der Waals surface area contributed by atoms with Gasteiger partial charge in [-0.1, -0.05) is 0 Å². The molecule has 0 aliphatic rings. The van der Waals surface area contributed by atoms with Crippen LogP contribution in [0, 0.1) is 10.2 Å². The summed E-state index contributed by atoms with van der Waals surface area (Å²) in [7, 11) is -10.2. The first-order valence-corrected chi connectivity index (χ1v) is 10.3. The zero-order chi connectivity index (χ0) is 15.0. The highest BCUT2D eigenvalue weighted by Gasteiger charge is 2.34. The van der Waals surface area contributed by atoms with Crippen LogP contribution in [0.1, 0.15) is 13.8 Å². The predicted octanol–water partition coefficient (Wildman–Crippen LogP) is -2.79. The van der Waals surface area contributed by atoms with Crippen molar-refractivity contribution >= 4 is 17.5 Å². The van der Waals surface area contributed by atoms with E-state index in [1.807, 2.05) is 0 Å². The van der Waals surface area contributed by atoms with Crippen molar-refractivity contribution in [2.75, 3.05) is 31.2 Å². The third kappa shape index (κ3) is 18.8. The highest BCUT2D eigenvalue weighted by Crippen LogP contribution is 2.49. The number of halogens is 1. The second-order valence-electron chi connectivity index (χ2n) is 3.39. The Bertz CT molecular complexity index is 295.